The maximum atomic E-state index is 12.3. The number of amides is 2. The van der Waals surface area contributed by atoms with Crippen molar-refractivity contribution < 1.29 is 14.3 Å². The van der Waals surface area contributed by atoms with Crippen LogP contribution in [0.5, 0.6) is 0 Å². The predicted molar refractivity (Wildman–Crippen MR) is 74.8 cm³/mol. The fourth-order valence-corrected chi connectivity index (χ4v) is 2.21. The normalized spacial score (nSPS) is 14.5. The Kier molecular flexibility index (Phi) is 3.50. The lowest BCUT2D eigenvalue weighted by atomic mass is 10.1. The highest BCUT2D eigenvalue weighted by Gasteiger charge is 2.37. The second-order valence-electron chi connectivity index (χ2n) is 5.83. The van der Waals surface area contributed by atoms with Gasteiger partial charge in [0.05, 0.1) is 17.3 Å². The highest BCUT2D eigenvalue weighted by Crippen LogP contribution is 2.31. The maximum Gasteiger partial charge on any atom is 0.417 e. The zero-order valence-electron chi connectivity index (χ0n) is 12.2. The standard InChI is InChI=1S/C14H17ClN2O3/c1-7-9-6-17(13(19)20-14(3,4)5)12(18)11(9)16-8(2)10(7)15/h6H2,1-5H3. The number of carbonyl (C=O) groups excluding carboxylic acids is 2. The zero-order chi connectivity index (χ0) is 15.2. The number of ether oxygens (including phenoxy) is 1. The maximum absolute atomic E-state index is 12.3. The molecule has 0 radical (unpaired) electrons. The molecule has 1 aliphatic rings. The van der Waals surface area contributed by atoms with Gasteiger partial charge in [-0.1, -0.05) is 11.6 Å². The van der Waals surface area contributed by atoms with E-state index < -0.39 is 17.6 Å². The van der Waals surface area contributed by atoms with Gasteiger partial charge in [0.25, 0.3) is 5.91 Å². The molecule has 0 saturated carbocycles. The molecule has 0 bridgehead atoms. The monoisotopic (exact) mass is 296 g/mol. The van der Waals surface area contributed by atoms with E-state index in [1.54, 1.807) is 27.7 Å². The third kappa shape index (κ3) is 2.50. The number of hydrogen-bond acceptors (Lipinski definition) is 4. The van der Waals surface area contributed by atoms with E-state index in [-0.39, 0.29) is 12.2 Å². The van der Waals surface area contributed by atoms with E-state index in [2.05, 4.69) is 4.98 Å². The van der Waals surface area contributed by atoms with Crippen molar-refractivity contribution >= 4 is 23.6 Å². The van der Waals surface area contributed by atoms with E-state index in [1.165, 1.54) is 0 Å². The number of pyridine rings is 1. The van der Waals surface area contributed by atoms with Gasteiger partial charge in [-0.3, -0.25) is 4.79 Å². The van der Waals surface area contributed by atoms with Crippen molar-refractivity contribution in [3.8, 4) is 0 Å². The molecule has 6 heteroatoms. The van der Waals surface area contributed by atoms with Crippen molar-refractivity contribution in [2.45, 2.75) is 46.8 Å². The Bertz CT molecular complexity index is 605. The molecule has 0 unspecified atom stereocenters. The number of rotatable bonds is 0. The van der Waals surface area contributed by atoms with Crippen LogP contribution in [-0.2, 0) is 11.3 Å². The van der Waals surface area contributed by atoms with Gasteiger partial charge in [0, 0.05) is 5.56 Å². The summed E-state index contributed by atoms with van der Waals surface area (Å²) in [4.78, 5) is 29.6. The Morgan fingerprint density at radius 2 is 1.95 bits per heavy atom. The molecule has 1 aromatic rings. The summed E-state index contributed by atoms with van der Waals surface area (Å²) >= 11 is 6.13. The molecule has 0 N–H and O–H groups in total. The Balaban J connectivity index is 2.35. The molecule has 1 aromatic heterocycles. The molecule has 0 aliphatic carbocycles. The summed E-state index contributed by atoms with van der Waals surface area (Å²) in [6.07, 6.45) is -0.659. The van der Waals surface area contributed by atoms with Gasteiger partial charge in [-0.15, -0.1) is 0 Å². The highest BCUT2D eigenvalue weighted by molar-refractivity contribution is 6.32. The van der Waals surface area contributed by atoms with Gasteiger partial charge in [0.1, 0.15) is 11.3 Å². The van der Waals surface area contributed by atoms with Crippen LogP contribution >= 0.6 is 11.6 Å². The number of aromatic nitrogens is 1. The molecule has 2 rings (SSSR count). The lowest BCUT2D eigenvalue weighted by molar-refractivity contribution is 0.0247. The van der Waals surface area contributed by atoms with E-state index in [0.717, 1.165) is 10.5 Å². The number of hydrogen-bond donors (Lipinski definition) is 0. The number of carbonyl (C=O) groups is 2. The zero-order valence-corrected chi connectivity index (χ0v) is 13.0. The molecule has 108 valence electrons. The quantitative estimate of drug-likeness (QED) is 0.737. The van der Waals surface area contributed by atoms with Gasteiger partial charge in [0.15, 0.2) is 0 Å². The summed E-state index contributed by atoms with van der Waals surface area (Å²) in [6, 6.07) is 0. The fourth-order valence-electron chi connectivity index (χ4n) is 2.06. The SMILES string of the molecule is Cc1nc2c(c(C)c1Cl)CN(C(=O)OC(C)(C)C)C2=O. The van der Waals surface area contributed by atoms with E-state index in [4.69, 9.17) is 16.3 Å². The summed E-state index contributed by atoms with van der Waals surface area (Å²) in [7, 11) is 0. The summed E-state index contributed by atoms with van der Waals surface area (Å²) in [5.74, 6) is -0.433. The second-order valence-corrected chi connectivity index (χ2v) is 6.21. The Morgan fingerprint density at radius 3 is 2.50 bits per heavy atom. The van der Waals surface area contributed by atoms with Crippen LogP contribution in [0.25, 0.3) is 0 Å². The molecule has 20 heavy (non-hydrogen) atoms. The van der Waals surface area contributed by atoms with Crippen LogP contribution in [0.15, 0.2) is 0 Å². The lowest BCUT2D eigenvalue weighted by Gasteiger charge is -2.23. The van der Waals surface area contributed by atoms with Gasteiger partial charge in [-0.2, -0.15) is 0 Å². The van der Waals surface area contributed by atoms with Crippen LogP contribution in [0.2, 0.25) is 5.02 Å². The summed E-state index contributed by atoms with van der Waals surface area (Å²) in [5, 5.41) is 0.530. The first kappa shape index (κ1) is 14.8. The smallest absolute Gasteiger partial charge is 0.417 e. The Hall–Kier alpha value is -1.62. The van der Waals surface area contributed by atoms with Crippen LogP contribution in [-0.4, -0.2) is 27.5 Å². The molecular weight excluding hydrogens is 280 g/mol. The van der Waals surface area contributed by atoms with E-state index in [1.807, 2.05) is 6.92 Å². The lowest BCUT2D eigenvalue weighted by Crippen LogP contribution is -2.37. The van der Waals surface area contributed by atoms with E-state index >= 15 is 0 Å². The number of fused-ring (bicyclic) bond motifs is 1. The molecular formula is C14H17ClN2O3. The van der Waals surface area contributed by atoms with Gasteiger partial charge < -0.3 is 4.74 Å². The highest BCUT2D eigenvalue weighted by atomic mass is 35.5. The molecule has 0 atom stereocenters. The van der Waals surface area contributed by atoms with Crippen molar-refractivity contribution in [3.05, 3.63) is 27.5 Å². The first-order valence-corrected chi connectivity index (χ1v) is 6.70. The summed E-state index contributed by atoms with van der Waals surface area (Å²) in [5.41, 5.74) is 1.70. The van der Waals surface area contributed by atoms with E-state index in [9.17, 15) is 9.59 Å². The van der Waals surface area contributed by atoms with E-state index in [0.29, 0.717) is 16.3 Å². The Labute approximate surface area is 122 Å². The van der Waals surface area contributed by atoms with Gasteiger partial charge in [-0.25, -0.2) is 14.7 Å². The van der Waals surface area contributed by atoms with Crippen LogP contribution < -0.4 is 0 Å². The molecule has 0 spiro atoms. The summed E-state index contributed by atoms with van der Waals surface area (Å²) in [6.45, 7) is 8.97. The van der Waals surface area contributed by atoms with Gasteiger partial charge in [0.2, 0.25) is 0 Å². The molecule has 5 nitrogen and oxygen atoms in total. The molecule has 0 aromatic carbocycles. The fraction of sp³-hybridized carbons (Fsp3) is 0.500. The number of imide groups is 1. The molecule has 0 fully saturated rings. The van der Waals surface area contributed by atoms with Crippen LogP contribution in [0.4, 0.5) is 4.79 Å². The number of nitrogens with zero attached hydrogens (tertiary/aromatic N) is 2. The predicted octanol–water partition coefficient (Wildman–Crippen LogP) is 3.24. The molecule has 1 aliphatic heterocycles. The van der Waals surface area contributed by atoms with Crippen LogP contribution in [0, 0.1) is 13.8 Å². The number of halogens is 1. The number of aryl methyl sites for hydroxylation is 1. The first-order valence-electron chi connectivity index (χ1n) is 6.32. The second kappa shape index (κ2) is 4.74. The third-order valence-corrected chi connectivity index (χ3v) is 3.60. The average Bonchev–Trinajstić information content (AvgIpc) is 2.62. The van der Waals surface area contributed by atoms with Crippen LogP contribution in [0.1, 0.15) is 48.1 Å². The van der Waals surface area contributed by atoms with Gasteiger partial charge >= 0.3 is 6.09 Å². The minimum absolute atomic E-state index is 0.155. The first-order chi connectivity index (χ1) is 9.11. The minimum atomic E-state index is -0.659. The minimum Gasteiger partial charge on any atom is -0.443 e. The topological polar surface area (TPSA) is 59.5 Å². The van der Waals surface area contributed by atoms with Crippen molar-refractivity contribution in [2.75, 3.05) is 0 Å². The molecule has 2 amide bonds. The average molecular weight is 297 g/mol. The van der Waals surface area contributed by atoms with Crippen molar-refractivity contribution in [2.24, 2.45) is 0 Å². The largest absolute Gasteiger partial charge is 0.443 e. The Morgan fingerprint density at radius 1 is 1.35 bits per heavy atom. The van der Waals surface area contributed by atoms with Crippen molar-refractivity contribution in [1.29, 1.82) is 0 Å². The molecule has 0 saturated heterocycles. The van der Waals surface area contributed by atoms with Gasteiger partial charge in [-0.05, 0) is 40.2 Å². The third-order valence-electron chi connectivity index (χ3n) is 3.04. The van der Waals surface area contributed by atoms with Crippen molar-refractivity contribution in [1.82, 2.24) is 9.88 Å². The van der Waals surface area contributed by atoms with Crippen molar-refractivity contribution in [3.63, 3.8) is 0 Å². The van der Waals surface area contributed by atoms with Crippen LogP contribution in [0.3, 0.4) is 0 Å². The summed E-state index contributed by atoms with van der Waals surface area (Å²) < 4.78 is 5.23. The molecule has 2 heterocycles.